The molecular weight excluding hydrogens is 236 g/mol. The summed E-state index contributed by atoms with van der Waals surface area (Å²) in [5.74, 6) is -0.827. The maximum atomic E-state index is 11.6. The minimum atomic E-state index is -0.770. The van der Waals surface area contributed by atoms with Gasteiger partial charge < -0.3 is 20.5 Å². The number of hydrogen-bond acceptors (Lipinski definition) is 3. The Morgan fingerprint density at radius 1 is 1.44 bits per heavy atom. The third-order valence-electron chi connectivity index (χ3n) is 3.18. The highest BCUT2D eigenvalue weighted by Crippen LogP contribution is 2.25. The molecule has 1 aliphatic rings. The van der Waals surface area contributed by atoms with E-state index in [2.05, 4.69) is 10.6 Å². The number of ether oxygens (including phenoxy) is 1. The van der Waals surface area contributed by atoms with Gasteiger partial charge in [0.25, 0.3) is 0 Å². The van der Waals surface area contributed by atoms with Crippen LogP contribution in [-0.2, 0) is 9.53 Å². The fraction of sp³-hybridized carbons (Fsp3) is 0.833. The van der Waals surface area contributed by atoms with Gasteiger partial charge in [-0.3, -0.25) is 4.79 Å². The van der Waals surface area contributed by atoms with Crippen molar-refractivity contribution in [3.05, 3.63) is 0 Å². The fourth-order valence-corrected chi connectivity index (χ4v) is 2.18. The molecule has 6 nitrogen and oxygen atoms in total. The molecule has 0 aromatic rings. The summed E-state index contributed by atoms with van der Waals surface area (Å²) in [5, 5.41) is 14.4. The topological polar surface area (TPSA) is 87.7 Å². The Morgan fingerprint density at radius 2 is 2.17 bits per heavy atom. The minimum Gasteiger partial charge on any atom is -0.481 e. The molecule has 1 aliphatic carbocycles. The van der Waals surface area contributed by atoms with Gasteiger partial charge in [0.2, 0.25) is 0 Å². The van der Waals surface area contributed by atoms with Crippen molar-refractivity contribution in [3.63, 3.8) is 0 Å². The Morgan fingerprint density at radius 3 is 2.72 bits per heavy atom. The third kappa shape index (κ3) is 4.91. The van der Waals surface area contributed by atoms with Crippen LogP contribution in [0.1, 0.15) is 26.2 Å². The van der Waals surface area contributed by atoms with Gasteiger partial charge in [-0.25, -0.2) is 4.79 Å². The molecule has 0 aliphatic heterocycles. The molecule has 0 saturated heterocycles. The van der Waals surface area contributed by atoms with Gasteiger partial charge in [0, 0.05) is 19.7 Å². The summed E-state index contributed by atoms with van der Waals surface area (Å²) in [7, 11) is 1.63. The van der Waals surface area contributed by atoms with Gasteiger partial charge in [0.05, 0.1) is 12.5 Å². The highest BCUT2D eigenvalue weighted by molar-refractivity contribution is 5.75. The SMILES string of the molecule is COCC(C)CNC(=O)NC1CCC(C(=O)O)C1. The second-order valence-corrected chi connectivity index (χ2v) is 4.96. The standard InChI is InChI=1S/C12H22N2O4/c1-8(7-18-2)6-13-12(17)14-10-4-3-9(5-10)11(15)16/h8-10H,3-7H2,1-2H3,(H,15,16)(H2,13,14,17). The number of amides is 2. The number of nitrogens with one attached hydrogen (secondary N) is 2. The van der Waals surface area contributed by atoms with Gasteiger partial charge in [-0.15, -0.1) is 0 Å². The van der Waals surface area contributed by atoms with Crippen LogP contribution in [0, 0.1) is 11.8 Å². The molecule has 18 heavy (non-hydrogen) atoms. The number of carboxylic acid groups (broad SMARTS) is 1. The summed E-state index contributed by atoms with van der Waals surface area (Å²) in [4.78, 5) is 22.4. The first-order chi connectivity index (χ1) is 8.52. The summed E-state index contributed by atoms with van der Waals surface area (Å²) in [6.45, 7) is 3.14. The third-order valence-corrected chi connectivity index (χ3v) is 3.18. The van der Waals surface area contributed by atoms with Crippen molar-refractivity contribution in [2.24, 2.45) is 11.8 Å². The molecule has 2 amide bonds. The second-order valence-electron chi connectivity index (χ2n) is 4.96. The zero-order valence-corrected chi connectivity index (χ0v) is 10.9. The average molecular weight is 258 g/mol. The first-order valence-electron chi connectivity index (χ1n) is 6.29. The molecule has 0 radical (unpaired) electrons. The molecule has 1 fully saturated rings. The summed E-state index contributed by atoms with van der Waals surface area (Å²) in [6, 6.07) is -0.252. The molecule has 104 valence electrons. The highest BCUT2D eigenvalue weighted by Gasteiger charge is 2.30. The van der Waals surface area contributed by atoms with Gasteiger partial charge in [-0.1, -0.05) is 6.92 Å². The number of carboxylic acids is 1. The van der Waals surface area contributed by atoms with Gasteiger partial charge in [-0.2, -0.15) is 0 Å². The molecule has 0 spiro atoms. The van der Waals surface area contributed by atoms with Crippen LogP contribution in [0.4, 0.5) is 4.79 Å². The van der Waals surface area contributed by atoms with E-state index in [1.54, 1.807) is 7.11 Å². The van der Waals surface area contributed by atoms with E-state index in [1.807, 2.05) is 6.92 Å². The average Bonchev–Trinajstić information content (AvgIpc) is 2.75. The number of urea groups is 1. The van der Waals surface area contributed by atoms with E-state index in [1.165, 1.54) is 0 Å². The van der Waals surface area contributed by atoms with E-state index < -0.39 is 5.97 Å². The van der Waals surface area contributed by atoms with E-state index in [4.69, 9.17) is 9.84 Å². The van der Waals surface area contributed by atoms with Crippen molar-refractivity contribution in [2.45, 2.75) is 32.2 Å². The van der Waals surface area contributed by atoms with E-state index >= 15 is 0 Å². The molecule has 3 N–H and O–H groups in total. The van der Waals surface area contributed by atoms with Crippen molar-refractivity contribution < 1.29 is 19.4 Å². The minimum absolute atomic E-state index is 0.0242. The summed E-state index contributed by atoms with van der Waals surface area (Å²) in [6.07, 6.45) is 1.90. The number of methoxy groups -OCH3 is 1. The van der Waals surface area contributed by atoms with Crippen molar-refractivity contribution in [3.8, 4) is 0 Å². The van der Waals surface area contributed by atoms with E-state index in [-0.39, 0.29) is 23.9 Å². The molecule has 0 aromatic carbocycles. The largest absolute Gasteiger partial charge is 0.481 e. The lowest BCUT2D eigenvalue weighted by molar-refractivity contribution is -0.141. The lowest BCUT2D eigenvalue weighted by atomic mass is 10.1. The van der Waals surface area contributed by atoms with Crippen molar-refractivity contribution in [1.29, 1.82) is 0 Å². The maximum absolute atomic E-state index is 11.6. The Hall–Kier alpha value is -1.30. The quantitative estimate of drug-likeness (QED) is 0.658. The highest BCUT2D eigenvalue weighted by atomic mass is 16.5. The predicted octanol–water partition coefficient (Wildman–Crippen LogP) is 0.821. The molecule has 0 bridgehead atoms. The Kier molecular flexibility index (Phi) is 5.91. The number of carbonyl (C=O) groups is 2. The van der Waals surface area contributed by atoms with Crippen LogP contribution < -0.4 is 10.6 Å². The summed E-state index contributed by atoms with van der Waals surface area (Å²) >= 11 is 0. The van der Waals surface area contributed by atoms with Crippen molar-refractivity contribution >= 4 is 12.0 Å². The smallest absolute Gasteiger partial charge is 0.315 e. The Labute approximate surface area is 107 Å². The first kappa shape index (κ1) is 14.8. The maximum Gasteiger partial charge on any atom is 0.315 e. The molecule has 1 rings (SSSR count). The van der Waals surface area contributed by atoms with Gasteiger partial charge in [-0.05, 0) is 25.2 Å². The van der Waals surface area contributed by atoms with Crippen LogP contribution in [0.3, 0.4) is 0 Å². The molecule has 6 heteroatoms. The van der Waals surface area contributed by atoms with Crippen LogP contribution in [-0.4, -0.2) is 43.4 Å². The van der Waals surface area contributed by atoms with Crippen molar-refractivity contribution in [2.75, 3.05) is 20.3 Å². The van der Waals surface area contributed by atoms with Gasteiger partial charge >= 0.3 is 12.0 Å². The normalized spacial score (nSPS) is 24.6. The van der Waals surface area contributed by atoms with Crippen LogP contribution in [0.25, 0.3) is 0 Å². The molecule has 1 saturated carbocycles. The monoisotopic (exact) mass is 258 g/mol. The fourth-order valence-electron chi connectivity index (χ4n) is 2.18. The number of rotatable bonds is 6. The molecule has 3 unspecified atom stereocenters. The first-order valence-corrected chi connectivity index (χ1v) is 6.29. The lowest BCUT2D eigenvalue weighted by Crippen LogP contribution is -2.43. The molecule has 0 aromatic heterocycles. The zero-order valence-electron chi connectivity index (χ0n) is 10.9. The Bertz CT molecular complexity index is 296. The van der Waals surface area contributed by atoms with Crippen LogP contribution >= 0.6 is 0 Å². The van der Waals surface area contributed by atoms with Crippen LogP contribution in [0.5, 0.6) is 0 Å². The Balaban J connectivity index is 2.19. The summed E-state index contributed by atoms with van der Waals surface area (Å²) < 4.78 is 4.97. The lowest BCUT2D eigenvalue weighted by Gasteiger charge is -2.15. The van der Waals surface area contributed by atoms with E-state index in [0.717, 1.165) is 6.42 Å². The van der Waals surface area contributed by atoms with Gasteiger partial charge in [0.1, 0.15) is 0 Å². The molecular formula is C12H22N2O4. The van der Waals surface area contributed by atoms with E-state index in [9.17, 15) is 9.59 Å². The molecule has 0 heterocycles. The van der Waals surface area contributed by atoms with Gasteiger partial charge in [0.15, 0.2) is 0 Å². The van der Waals surface area contributed by atoms with Crippen LogP contribution in [0.15, 0.2) is 0 Å². The predicted molar refractivity (Wildman–Crippen MR) is 66.3 cm³/mol. The number of aliphatic carboxylic acids is 1. The zero-order chi connectivity index (χ0) is 13.5. The number of carbonyl (C=O) groups excluding carboxylic acids is 1. The second kappa shape index (κ2) is 7.20. The van der Waals surface area contributed by atoms with Crippen molar-refractivity contribution in [1.82, 2.24) is 10.6 Å². The van der Waals surface area contributed by atoms with Crippen LogP contribution in [0.2, 0.25) is 0 Å². The number of hydrogen-bond donors (Lipinski definition) is 3. The summed E-state index contributed by atoms with van der Waals surface area (Å²) in [5.41, 5.74) is 0. The van der Waals surface area contributed by atoms with E-state index in [0.29, 0.717) is 26.0 Å². The molecule has 3 atom stereocenters.